The van der Waals surface area contributed by atoms with Gasteiger partial charge in [0, 0.05) is 18.5 Å². The molecule has 0 atom stereocenters. The second-order valence-electron chi connectivity index (χ2n) is 7.75. The molecule has 31 heavy (non-hydrogen) atoms. The molecule has 0 spiro atoms. The minimum absolute atomic E-state index is 0. The van der Waals surface area contributed by atoms with Gasteiger partial charge in [-0.3, -0.25) is 0 Å². The first kappa shape index (κ1) is 23.2. The molecule has 0 saturated heterocycles. The standard InChI is InChI=1S/C23H27FN6.HI/c1-2-26-22(28-15-23(9-10-23)20-7-4-8-21(24)12-20)27-13-18-5-3-6-19(11-18)14-30-17-25-16-29-30;/h3-8,11-12,16-17H,2,9-10,13-15H2,1H3,(H2,26,27,28);1H. The number of aromatic nitrogens is 3. The number of halogens is 2. The highest BCUT2D eigenvalue weighted by atomic mass is 127. The molecular formula is C23H28FIN6. The lowest BCUT2D eigenvalue weighted by Gasteiger charge is -2.19. The van der Waals surface area contributed by atoms with Crippen LogP contribution in [0.3, 0.4) is 0 Å². The third kappa shape index (κ3) is 6.25. The molecule has 1 aliphatic rings. The molecule has 0 aliphatic heterocycles. The van der Waals surface area contributed by atoms with Crippen LogP contribution in [0.5, 0.6) is 0 Å². The zero-order valence-electron chi connectivity index (χ0n) is 17.6. The van der Waals surface area contributed by atoms with Crippen LogP contribution in [0.1, 0.15) is 36.5 Å². The molecule has 3 aromatic rings. The Balaban J connectivity index is 0.00000272. The van der Waals surface area contributed by atoms with E-state index in [1.807, 2.05) is 12.1 Å². The van der Waals surface area contributed by atoms with Gasteiger partial charge in [0.2, 0.25) is 0 Å². The Hall–Kier alpha value is -2.49. The lowest BCUT2D eigenvalue weighted by molar-refractivity contribution is 0.607. The van der Waals surface area contributed by atoms with E-state index in [4.69, 9.17) is 4.99 Å². The first-order valence-corrected chi connectivity index (χ1v) is 10.4. The molecule has 0 radical (unpaired) electrons. The molecule has 1 aromatic heterocycles. The molecule has 2 aromatic carbocycles. The molecule has 6 nitrogen and oxygen atoms in total. The van der Waals surface area contributed by atoms with Gasteiger partial charge in [-0.1, -0.05) is 36.4 Å². The van der Waals surface area contributed by atoms with Crippen molar-refractivity contribution in [2.45, 2.75) is 38.3 Å². The summed E-state index contributed by atoms with van der Waals surface area (Å²) in [4.78, 5) is 8.73. The van der Waals surface area contributed by atoms with Crippen molar-refractivity contribution in [1.29, 1.82) is 0 Å². The van der Waals surface area contributed by atoms with Crippen molar-refractivity contribution in [3.8, 4) is 0 Å². The van der Waals surface area contributed by atoms with Gasteiger partial charge in [0.15, 0.2) is 5.96 Å². The van der Waals surface area contributed by atoms with Gasteiger partial charge in [-0.05, 0) is 48.6 Å². The summed E-state index contributed by atoms with van der Waals surface area (Å²) in [5.74, 6) is 0.604. The maximum absolute atomic E-state index is 13.6. The fraction of sp³-hybridized carbons (Fsp3) is 0.348. The molecule has 1 aliphatic carbocycles. The molecule has 2 N–H and O–H groups in total. The number of hydrogen-bond donors (Lipinski definition) is 2. The maximum atomic E-state index is 13.6. The van der Waals surface area contributed by atoms with Gasteiger partial charge < -0.3 is 10.6 Å². The van der Waals surface area contributed by atoms with Gasteiger partial charge in [-0.25, -0.2) is 19.0 Å². The average Bonchev–Trinajstić information content (AvgIpc) is 3.38. The number of hydrogen-bond acceptors (Lipinski definition) is 3. The van der Waals surface area contributed by atoms with Gasteiger partial charge in [0.25, 0.3) is 0 Å². The largest absolute Gasteiger partial charge is 0.357 e. The summed E-state index contributed by atoms with van der Waals surface area (Å²) in [7, 11) is 0. The van der Waals surface area contributed by atoms with Gasteiger partial charge in [-0.15, -0.1) is 24.0 Å². The Kier molecular flexibility index (Phi) is 8.00. The molecule has 1 saturated carbocycles. The highest BCUT2D eigenvalue weighted by Gasteiger charge is 2.44. The van der Waals surface area contributed by atoms with E-state index < -0.39 is 0 Å². The van der Waals surface area contributed by atoms with Crippen molar-refractivity contribution in [2.24, 2.45) is 4.99 Å². The van der Waals surface area contributed by atoms with Crippen LogP contribution in [0.2, 0.25) is 0 Å². The van der Waals surface area contributed by atoms with Crippen molar-refractivity contribution in [2.75, 3.05) is 13.1 Å². The SMILES string of the molecule is CCNC(=NCc1cccc(Cn2cncn2)c1)NCC1(c2cccc(F)c2)CC1.I. The van der Waals surface area contributed by atoms with Crippen LogP contribution in [0, 0.1) is 5.82 Å². The predicted octanol–water partition coefficient (Wildman–Crippen LogP) is 3.87. The minimum atomic E-state index is -0.176. The van der Waals surface area contributed by atoms with E-state index >= 15 is 0 Å². The molecule has 0 unspecified atom stereocenters. The lowest BCUT2D eigenvalue weighted by Crippen LogP contribution is -2.41. The molecular weight excluding hydrogens is 506 g/mol. The quantitative estimate of drug-likeness (QED) is 0.262. The van der Waals surface area contributed by atoms with Crippen molar-refractivity contribution in [3.05, 3.63) is 83.7 Å². The molecule has 4 rings (SSSR count). The third-order valence-electron chi connectivity index (χ3n) is 5.45. The van der Waals surface area contributed by atoms with E-state index in [-0.39, 0.29) is 35.2 Å². The zero-order chi connectivity index (χ0) is 20.8. The fourth-order valence-electron chi connectivity index (χ4n) is 3.63. The van der Waals surface area contributed by atoms with Crippen molar-refractivity contribution >= 4 is 29.9 Å². The summed E-state index contributed by atoms with van der Waals surface area (Å²) < 4.78 is 15.4. The number of nitrogens with one attached hydrogen (secondary N) is 2. The Bertz CT molecular complexity index is 1000. The van der Waals surface area contributed by atoms with Crippen LogP contribution < -0.4 is 10.6 Å². The van der Waals surface area contributed by atoms with Crippen molar-refractivity contribution in [1.82, 2.24) is 25.4 Å². The zero-order valence-corrected chi connectivity index (χ0v) is 19.9. The second-order valence-corrected chi connectivity index (χ2v) is 7.75. The Labute approximate surface area is 199 Å². The van der Waals surface area contributed by atoms with Gasteiger partial charge in [0.05, 0.1) is 13.1 Å². The Morgan fingerprint density at radius 2 is 1.94 bits per heavy atom. The van der Waals surface area contributed by atoms with Crippen LogP contribution >= 0.6 is 24.0 Å². The van der Waals surface area contributed by atoms with Crippen LogP contribution in [-0.2, 0) is 18.5 Å². The van der Waals surface area contributed by atoms with Crippen LogP contribution in [0.25, 0.3) is 0 Å². The van der Waals surface area contributed by atoms with E-state index in [0.29, 0.717) is 13.1 Å². The minimum Gasteiger partial charge on any atom is -0.357 e. The van der Waals surface area contributed by atoms with Crippen LogP contribution in [0.4, 0.5) is 4.39 Å². The van der Waals surface area contributed by atoms with E-state index in [1.165, 1.54) is 6.07 Å². The Morgan fingerprint density at radius 1 is 1.13 bits per heavy atom. The molecule has 1 fully saturated rings. The monoisotopic (exact) mass is 534 g/mol. The summed E-state index contributed by atoms with van der Waals surface area (Å²) >= 11 is 0. The average molecular weight is 534 g/mol. The number of benzene rings is 2. The van der Waals surface area contributed by atoms with Crippen LogP contribution in [-0.4, -0.2) is 33.8 Å². The summed E-state index contributed by atoms with van der Waals surface area (Å²) in [6, 6.07) is 15.3. The van der Waals surface area contributed by atoms with Crippen LogP contribution in [0.15, 0.2) is 66.2 Å². The van der Waals surface area contributed by atoms with Crippen molar-refractivity contribution in [3.63, 3.8) is 0 Å². The predicted molar refractivity (Wildman–Crippen MR) is 131 cm³/mol. The molecule has 1 heterocycles. The summed E-state index contributed by atoms with van der Waals surface area (Å²) in [6.45, 7) is 4.84. The molecule has 0 amide bonds. The molecule has 0 bridgehead atoms. The first-order valence-electron chi connectivity index (χ1n) is 10.4. The van der Waals surface area contributed by atoms with E-state index in [1.54, 1.807) is 29.5 Å². The summed E-state index contributed by atoms with van der Waals surface area (Å²) in [6.07, 6.45) is 5.38. The molecule has 164 valence electrons. The smallest absolute Gasteiger partial charge is 0.191 e. The highest BCUT2D eigenvalue weighted by molar-refractivity contribution is 14.0. The summed E-state index contributed by atoms with van der Waals surface area (Å²) in [5, 5.41) is 10.9. The molecule has 8 heteroatoms. The fourth-order valence-corrected chi connectivity index (χ4v) is 3.63. The number of nitrogens with zero attached hydrogens (tertiary/aromatic N) is 4. The normalized spacial score (nSPS) is 14.6. The van der Waals surface area contributed by atoms with Gasteiger partial charge in [0.1, 0.15) is 18.5 Å². The number of rotatable bonds is 8. The Morgan fingerprint density at radius 3 is 2.65 bits per heavy atom. The lowest BCUT2D eigenvalue weighted by atomic mass is 9.96. The third-order valence-corrected chi connectivity index (χ3v) is 5.45. The topological polar surface area (TPSA) is 67.1 Å². The highest BCUT2D eigenvalue weighted by Crippen LogP contribution is 2.47. The second kappa shape index (κ2) is 10.7. The first-order chi connectivity index (χ1) is 14.7. The van der Waals surface area contributed by atoms with Crippen molar-refractivity contribution < 1.29 is 4.39 Å². The summed E-state index contributed by atoms with van der Waals surface area (Å²) in [5.41, 5.74) is 3.37. The number of guanidine groups is 1. The van der Waals surface area contributed by atoms with E-state index in [2.05, 4.69) is 45.8 Å². The van der Waals surface area contributed by atoms with E-state index in [9.17, 15) is 4.39 Å². The number of aliphatic imine (C=N–C) groups is 1. The van der Waals surface area contributed by atoms with Gasteiger partial charge >= 0.3 is 0 Å². The van der Waals surface area contributed by atoms with Gasteiger partial charge in [-0.2, -0.15) is 5.10 Å². The maximum Gasteiger partial charge on any atom is 0.191 e. The van der Waals surface area contributed by atoms with E-state index in [0.717, 1.165) is 48.6 Å².